The van der Waals surface area contributed by atoms with Crippen molar-refractivity contribution in [2.24, 2.45) is 0 Å². The van der Waals surface area contributed by atoms with Crippen molar-refractivity contribution in [3.63, 3.8) is 0 Å². The molecule has 0 aliphatic carbocycles. The highest BCUT2D eigenvalue weighted by atomic mass is 15.2. The monoisotopic (exact) mass is 284 g/mol. The fourth-order valence-electron chi connectivity index (χ4n) is 2.79. The molecule has 1 N–H and O–H groups in total. The first-order valence-corrected chi connectivity index (χ1v) is 7.77. The number of para-hydroxylation sites is 1. The maximum atomic E-state index is 4.79. The van der Waals surface area contributed by atoms with Crippen molar-refractivity contribution in [3.8, 4) is 0 Å². The van der Waals surface area contributed by atoms with Crippen LogP contribution in [0, 0.1) is 0 Å². The Morgan fingerprint density at radius 3 is 2.52 bits per heavy atom. The van der Waals surface area contributed by atoms with Crippen LogP contribution in [0.15, 0.2) is 24.3 Å². The Bertz CT molecular complexity index is 624. The van der Waals surface area contributed by atoms with Gasteiger partial charge >= 0.3 is 0 Å². The number of rotatable bonds is 3. The van der Waals surface area contributed by atoms with Crippen LogP contribution in [0.4, 0.5) is 5.82 Å². The molecule has 1 aromatic heterocycles. The zero-order valence-electron chi connectivity index (χ0n) is 13.2. The molecule has 0 radical (unpaired) electrons. The summed E-state index contributed by atoms with van der Waals surface area (Å²) in [4.78, 5) is 12.0. The first kappa shape index (κ1) is 14.3. The summed E-state index contributed by atoms with van der Waals surface area (Å²) in [5.74, 6) is 1.87. The van der Waals surface area contributed by atoms with Crippen LogP contribution in [-0.2, 0) is 6.54 Å². The number of aromatic nitrogens is 2. The summed E-state index contributed by atoms with van der Waals surface area (Å²) in [7, 11) is 0. The fraction of sp³-hybridized carbons (Fsp3) is 0.529. The van der Waals surface area contributed by atoms with Gasteiger partial charge in [0.05, 0.1) is 12.1 Å². The molecular formula is C17H24N4. The number of nitrogens with zero attached hydrogens (tertiary/aromatic N) is 3. The van der Waals surface area contributed by atoms with Crippen LogP contribution in [0.1, 0.15) is 39.4 Å². The first-order chi connectivity index (χ1) is 10.0. The molecule has 112 valence electrons. The molecule has 2 heterocycles. The summed E-state index contributed by atoms with van der Waals surface area (Å²) < 4.78 is 0. The third kappa shape index (κ3) is 3.50. The molecule has 3 rings (SSSR count). The quantitative estimate of drug-likeness (QED) is 0.937. The van der Waals surface area contributed by atoms with Gasteiger partial charge in [-0.25, -0.2) is 9.97 Å². The Morgan fingerprint density at radius 1 is 1.10 bits per heavy atom. The highest BCUT2D eigenvalue weighted by Gasteiger charge is 2.17. The lowest BCUT2D eigenvalue weighted by Crippen LogP contribution is -2.27. The van der Waals surface area contributed by atoms with E-state index in [9.17, 15) is 0 Å². The smallest absolute Gasteiger partial charge is 0.145 e. The van der Waals surface area contributed by atoms with Crippen LogP contribution < -0.4 is 5.32 Å². The largest absolute Gasteiger partial charge is 0.365 e. The molecule has 0 spiro atoms. The van der Waals surface area contributed by atoms with Gasteiger partial charge in [-0.1, -0.05) is 12.1 Å². The SMILES string of the molecule is CC(C)(C)Nc1nc(CN2CCCC2)nc2ccccc12. The van der Waals surface area contributed by atoms with Gasteiger partial charge in [0.1, 0.15) is 11.6 Å². The summed E-state index contributed by atoms with van der Waals surface area (Å²) in [6, 6.07) is 8.23. The molecule has 1 saturated heterocycles. The van der Waals surface area contributed by atoms with E-state index in [0.717, 1.165) is 42.2 Å². The molecule has 2 aromatic rings. The average Bonchev–Trinajstić information content (AvgIpc) is 2.90. The Balaban J connectivity index is 1.97. The summed E-state index contributed by atoms with van der Waals surface area (Å²) in [5, 5.41) is 4.61. The van der Waals surface area contributed by atoms with E-state index in [0.29, 0.717) is 0 Å². The van der Waals surface area contributed by atoms with Gasteiger partial charge in [0.2, 0.25) is 0 Å². The van der Waals surface area contributed by atoms with E-state index in [1.165, 1.54) is 12.8 Å². The molecular weight excluding hydrogens is 260 g/mol. The molecule has 0 bridgehead atoms. The van der Waals surface area contributed by atoms with E-state index in [1.807, 2.05) is 12.1 Å². The maximum absolute atomic E-state index is 4.79. The molecule has 0 atom stereocenters. The Hall–Kier alpha value is -1.68. The Kier molecular flexibility index (Phi) is 3.81. The molecule has 4 heteroatoms. The van der Waals surface area contributed by atoms with Gasteiger partial charge in [-0.2, -0.15) is 0 Å². The van der Waals surface area contributed by atoms with Crippen LogP contribution >= 0.6 is 0 Å². The summed E-state index contributed by atoms with van der Waals surface area (Å²) in [6.07, 6.45) is 2.58. The number of nitrogens with one attached hydrogen (secondary N) is 1. The lowest BCUT2D eigenvalue weighted by molar-refractivity contribution is 0.323. The number of hydrogen-bond acceptors (Lipinski definition) is 4. The van der Waals surface area contributed by atoms with Crippen molar-refractivity contribution in [1.29, 1.82) is 0 Å². The highest BCUT2D eigenvalue weighted by molar-refractivity contribution is 5.89. The van der Waals surface area contributed by atoms with Crippen molar-refractivity contribution in [2.45, 2.75) is 45.7 Å². The van der Waals surface area contributed by atoms with Crippen molar-refractivity contribution >= 4 is 16.7 Å². The zero-order chi connectivity index (χ0) is 14.9. The van der Waals surface area contributed by atoms with Gasteiger partial charge in [0.15, 0.2) is 0 Å². The average molecular weight is 284 g/mol. The van der Waals surface area contributed by atoms with Crippen molar-refractivity contribution in [1.82, 2.24) is 14.9 Å². The van der Waals surface area contributed by atoms with E-state index in [2.05, 4.69) is 43.1 Å². The Morgan fingerprint density at radius 2 is 1.81 bits per heavy atom. The molecule has 1 aliphatic heterocycles. The first-order valence-electron chi connectivity index (χ1n) is 7.77. The van der Waals surface area contributed by atoms with Gasteiger partial charge in [0.25, 0.3) is 0 Å². The van der Waals surface area contributed by atoms with E-state index >= 15 is 0 Å². The predicted octanol–water partition coefficient (Wildman–Crippen LogP) is 3.44. The topological polar surface area (TPSA) is 41.1 Å². The normalized spacial score (nSPS) is 16.5. The van der Waals surface area contributed by atoms with Gasteiger partial charge in [-0.3, -0.25) is 4.90 Å². The van der Waals surface area contributed by atoms with E-state index in [4.69, 9.17) is 9.97 Å². The van der Waals surface area contributed by atoms with Crippen LogP contribution in [-0.4, -0.2) is 33.5 Å². The minimum absolute atomic E-state index is 0.0119. The highest BCUT2D eigenvalue weighted by Crippen LogP contribution is 2.24. The molecule has 1 aliphatic rings. The van der Waals surface area contributed by atoms with Crippen molar-refractivity contribution in [2.75, 3.05) is 18.4 Å². The van der Waals surface area contributed by atoms with Gasteiger partial charge in [-0.15, -0.1) is 0 Å². The molecule has 0 saturated carbocycles. The lowest BCUT2D eigenvalue weighted by atomic mass is 10.1. The van der Waals surface area contributed by atoms with Crippen LogP contribution in [0.2, 0.25) is 0 Å². The second kappa shape index (κ2) is 5.60. The van der Waals surface area contributed by atoms with Gasteiger partial charge in [0, 0.05) is 10.9 Å². The van der Waals surface area contributed by atoms with E-state index in [-0.39, 0.29) is 5.54 Å². The van der Waals surface area contributed by atoms with E-state index in [1.54, 1.807) is 0 Å². The van der Waals surface area contributed by atoms with Crippen molar-refractivity contribution < 1.29 is 0 Å². The second-order valence-electron chi connectivity index (χ2n) is 6.86. The standard InChI is InChI=1S/C17H24N4/c1-17(2,3)20-16-13-8-4-5-9-14(13)18-15(19-16)12-21-10-6-7-11-21/h4-5,8-9H,6-7,10-12H2,1-3H3,(H,18,19,20). The summed E-state index contributed by atoms with van der Waals surface area (Å²) >= 11 is 0. The van der Waals surface area contributed by atoms with Crippen LogP contribution in [0.3, 0.4) is 0 Å². The van der Waals surface area contributed by atoms with Gasteiger partial charge in [-0.05, 0) is 58.8 Å². The number of fused-ring (bicyclic) bond motifs is 1. The van der Waals surface area contributed by atoms with Crippen LogP contribution in [0.5, 0.6) is 0 Å². The zero-order valence-corrected chi connectivity index (χ0v) is 13.2. The molecule has 1 aromatic carbocycles. The van der Waals surface area contributed by atoms with Crippen LogP contribution in [0.25, 0.3) is 10.9 Å². The third-order valence-corrected chi connectivity index (χ3v) is 3.71. The molecule has 4 nitrogen and oxygen atoms in total. The number of hydrogen-bond donors (Lipinski definition) is 1. The Labute approximate surface area is 126 Å². The summed E-state index contributed by atoms with van der Waals surface area (Å²) in [5.41, 5.74) is 1.01. The number of benzene rings is 1. The predicted molar refractivity (Wildman–Crippen MR) is 87.4 cm³/mol. The second-order valence-corrected chi connectivity index (χ2v) is 6.86. The van der Waals surface area contributed by atoms with Gasteiger partial charge < -0.3 is 5.32 Å². The molecule has 0 unspecified atom stereocenters. The minimum atomic E-state index is -0.0119. The minimum Gasteiger partial charge on any atom is -0.365 e. The lowest BCUT2D eigenvalue weighted by Gasteiger charge is -2.23. The third-order valence-electron chi connectivity index (χ3n) is 3.71. The molecule has 21 heavy (non-hydrogen) atoms. The maximum Gasteiger partial charge on any atom is 0.145 e. The van der Waals surface area contributed by atoms with Crippen molar-refractivity contribution in [3.05, 3.63) is 30.1 Å². The fourth-order valence-corrected chi connectivity index (χ4v) is 2.79. The van der Waals surface area contributed by atoms with E-state index < -0.39 is 0 Å². The molecule has 0 amide bonds. The number of anilines is 1. The number of likely N-dealkylation sites (tertiary alicyclic amines) is 1. The summed E-state index contributed by atoms with van der Waals surface area (Å²) in [6.45, 7) is 9.65. The molecule has 1 fully saturated rings.